The van der Waals surface area contributed by atoms with Crippen LogP contribution in [0.25, 0.3) is 11.1 Å². The van der Waals surface area contributed by atoms with E-state index >= 15 is 0 Å². The second-order valence-electron chi connectivity index (χ2n) is 9.44. The number of benzene rings is 2. The molecule has 2 saturated carbocycles. The lowest BCUT2D eigenvalue weighted by atomic mass is 9.63. The smallest absolute Gasteiger partial charge is 0.134 e. The van der Waals surface area contributed by atoms with Crippen LogP contribution >= 0.6 is 0 Å². The number of halogens is 2. The third-order valence-corrected chi connectivity index (χ3v) is 7.61. The van der Waals surface area contributed by atoms with Gasteiger partial charge < -0.3 is 4.74 Å². The molecule has 1 nitrogen and oxygen atoms in total. The molecule has 31 heavy (non-hydrogen) atoms. The molecule has 3 heteroatoms. The molecular formula is C28H34F2O. The van der Waals surface area contributed by atoms with E-state index in [-0.39, 0.29) is 11.5 Å². The Bertz CT molecular complexity index is 879. The zero-order valence-electron chi connectivity index (χ0n) is 18.7. The van der Waals surface area contributed by atoms with Gasteiger partial charge in [0.25, 0.3) is 0 Å². The molecule has 166 valence electrons. The summed E-state index contributed by atoms with van der Waals surface area (Å²) in [5.41, 5.74) is 1.44. The van der Waals surface area contributed by atoms with Gasteiger partial charge >= 0.3 is 0 Å². The number of allylic oxidation sites excluding steroid dienone is 2. The average molecular weight is 425 g/mol. The number of hydrogen-bond donors (Lipinski definition) is 0. The molecule has 4 atom stereocenters. The molecule has 2 aliphatic rings. The quantitative estimate of drug-likeness (QED) is 0.424. The molecule has 2 aromatic carbocycles. The predicted molar refractivity (Wildman–Crippen MR) is 123 cm³/mol. The molecule has 0 aliphatic heterocycles. The summed E-state index contributed by atoms with van der Waals surface area (Å²) in [6.07, 6.45) is 14.2. The van der Waals surface area contributed by atoms with Crippen molar-refractivity contribution in [2.75, 3.05) is 7.11 Å². The molecule has 0 saturated heterocycles. The Morgan fingerprint density at radius 3 is 2.29 bits per heavy atom. The van der Waals surface area contributed by atoms with Gasteiger partial charge in [0.2, 0.25) is 0 Å². The number of rotatable bonds is 6. The van der Waals surface area contributed by atoms with E-state index < -0.39 is 11.6 Å². The Morgan fingerprint density at radius 1 is 0.935 bits per heavy atom. The lowest BCUT2D eigenvalue weighted by molar-refractivity contribution is 0.115. The molecule has 4 unspecified atom stereocenters. The fourth-order valence-corrected chi connectivity index (χ4v) is 5.91. The molecule has 0 radical (unpaired) electrons. The van der Waals surface area contributed by atoms with E-state index in [2.05, 4.69) is 19.1 Å². The van der Waals surface area contributed by atoms with Crippen LogP contribution in [0, 0.1) is 29.4 Å². The maximum Gasteiger partial charge on any atom is 0.134 e. The van der Waals surface area contributed by atoms with Crippen molar-refractivity contribution in [1.29, 1.82) is 0 Å². The normalized spacial score (nSPS) is 26.1. The van der Waals surface area contributed by atoms with E-state index in [0.29, 0.717) is 17.2 Å². The number of hydrogen-bond acceptors (Lipinski definition) is 1. The van der Waals surface area contributed by atoms with E-state index in [0.717, 1.165) is 30.2 Å². The standard InChI is InChI=1S/C28H34F2O/c1-3-4-5-6-19-7-8-22-16-23(10-9-21(22)15-19)24-17-26(29)28(27(30)18-24)20-11-13-25(31-2)14-12-20/h3-4,11-14,17-19,21-23H,5-10,15-16H2,1-2H3/b4-3+. The van der Waals surface area contributed by atoms with Gasteiger partial charge in [0.15, 0.2) is 0 Å². The zero-order valence-corrected chi connectivity index (χ0v) is 18.7. The first kappa shape index (κ1) is 22.0. The Balaban J connectivity index is 1.44. The molecular weight excluding hydrogens is 390 g/mol. The SMILES string of the molecule is C/C=C/CCC1CCC2CC(c3cc(F)c(-c4ccc(OC)cc4)c(F)c3)CCC2C1. The largest absolute Gasteiger partial charge is 0.497 e. The molecule has 0 amide bonds. The van der Waals surface area contributed by atoms with Gasteiger partial charge in [-0.15, -0.1) is 0 Å². The first-order chi connectivity index (χ1) is 15.1. The first-order valence-corrected chi connectivity index (χ1v) is 11.8. The summed E-state index contributed by atoms with van der Waals surface area (Å²) in [5, 5.41) is 0. The first-order valence-electron chi connectivity index (χ1n) is 11.8. The van der Waals surface area contributed by atoms with Crippen LogP contribution in [-0.4, -0.2) is 7.11 Å². The summed E-state index contributed by atoms with van der Waals surface area (Å²) in [4.78, 5) is 0. The fraction of sp³-hybridized carbons (Fsp3) is 0.500. The monoisotopic (exact) mass is 424 g/mol. The van der Waals surface area contributed by atoms with Gasteiger partial charge in [-0.25, -0.2) is 8.78 Å². The third-order valence-electron chi connectivity index (χ3n) is 7.61. The van der Waals surface area contributed by atoms with Crippen LogP contribution in [-0.2, 0) is 0 Å². The Labute approximate surface area is 185 Å². The van der Waals surface area contributed by atoms with Gasteiger partial charge in [-0.2, -0.15) is 0 Å². The number of ether oxygens (including phenoxy) is 1. The third kappa shape index (κ3) is 5.02. The van der Waals surface area contributed by atoms with E-state index in [9.17, 15) is 8.78 Å². The van der Waals surface area contributed by atoms with E-state index in [1.807, 2.05) is 0 Å². The molecule has 0 aromatic heterocycles. The molecule has 2 aromatic rings. The molecule has 2 fully saturated rings. The summed E-state index contributed by atoms with van der Waals surface area (Å²) < 4.78 is 35.1. The van der Waals surface area contributed by atoms with Crippen molar-refractivity contribution in [3.63, 3.8) is 0 Å². The lowest BCUT2D eigenvalue weighted by Gasteiger charge is -2.42. The number of fused-ring (bicyclic) bond motifs is 1. The Kier molecular flexibility index (Phi) is 7.09. The summed E-state index contributed by atoms with van der Waals surface area (Å²) in [6, 6.07) is 10.0. The average Bonchev–Trinajstić information content (AvgIpc) is 2.79. The maximum absolute atomic E-state index is 15.0. The van der Waals surface area contributed by atoms with Gasteiger partial charge in [-0.3, -0.25) is 0 Å². The summed E-state index contributed by atoms with van der Waals surface area (Å²) in [7, 11) is 1.58. The van der Waals surface area contributed by atoms with Gasteiger partial charge in [-0.1, -0.05) is 30.7 Å². The van der Waals surface area contributed by atoms with Crippen LogP contribution < -0.4 is 4.74 Å². The van der Waals surface area contributed by atoms with Crippen LogP contribution in [0.2, 0.25) is 0 Å². The van der Waals surface area contributed by atoms with Crippen LogP contribution in [0.3, 0.4) is 0 Å². The second kappa shape index (κ2) is 9.97. The highest BCUT2D eigenvalue weighted by molar-refractivity contribution is 5.66. The van der Waals surface area contributed by atoms with E-state index in [4.69, 9.17) is 4.74 Å². The lowest BCUT2D eigenvalue weighted by Crippen LogP contribution is -2.30. The Morgan fingerprint density at radius 2 is 1.61 bits per heavy atom. The van der Waals surface area contributed by atoms with Crippen LogP contribution in [0.4, 0.5) is 8.78 Å². The van der Waals surface area contributed by atoms with Crippen molar-refractivity contribution < 1.29 is 13.5 Å². The van der Waals surface area contributed by atoms with Crippen molar-refractivity contribution in [2.45, 2.75) is 64.2 Å². The molecule has 2 aliphatic carbocycles. The van der Waals surface area contributed by atoms with Gasteiger partial charge in [-0.05, 0) is 111 Å². The van der Waals surface area contributed by atoms with Crippen molar-refractivity contribution in [2.24, 2.45) is 17.8 Å². The predicted octanol–water partition coefficient (Wildman–Crippen LogP) is 8.30. The topological polar surface area (TPSA) is 9.23 Å². The van der Waals surface area contributed by atoms with Crippen molar-refractivity contribution >= 4 is 0 Å². The molecule has 0 heterocycles. The zero-order chi connectivity index (χ0) is 21.8. The van der Waals surface area contributed by atoms with Gasteiger partial charge in [0, 0.05) is 0 Å². The number of methoxy groups -OCH3 is 1. The van der Waals surface area contributed by atoms with Crippen LogP contribution in [0.5, 0.6) is 5.75 Å². The minimum atomic E-state index is -0.463. The van der Waals surface area contributed by atoms with Gasteiger partial charge in [0.1, 0.15) is 17.4 Å². The van der Waals surface area contributed by atoms with Crippen LogP contribution in [0.1, 0.15) is 69.8 Å². The minimum absolute atomic E-state index is 0.0572. The highest BCUT2D eigenvalue weighted by atomic mass is 19.1. The van der Waals surface area contributed by atoms with Crippen molar-refractivity contribution in [3.05, 3.63) is 65.7 Å². The maximum atomic E-state index is 15.0. The van der Waals surface area contributed by atoms with Crippen LogP contribution in [0.15, 0.2) is 48.6 Å². The van der Waals surface area contributed by atoms with Crippen molar-refractivity contribution in [3.8, 4) is 16.9 Å². The highest BCUT2D eigenvalue weighted by Crippen LogP contribution is 2.48. The van der Waals surface area contributed by atoms with Gasteiger partial charge in [0.05, 0.1) is 12.7 Å². The summed E-state index contributed by atoms with van der Waals surface area (Å²) >= 11 is 0. The molecule has 0 bridgehead atoms. The fourth-order valence-electron chi connectivity index (χ4n) is 5.91. The summed E-state index contributed by atoms with van der Waals surface area (Å²) in [5.74, 6) is 2.39. The molecule has 0 N–H and O–H groups in total. The minimum Gasteiger partial charge on any atom is -0.497 e. The summed E-state index contributed by atoms with van der Waals surface area (Å²) in [6.45, 7) is 2.09. The Hall–Kier alpha value is -2.16. The second-order valence-corrected chi connectivity index (χ2v) is 9.44. The molecule has 4 rings (SSSR count). The highest BCUT2D eigenvalue weighted by Gasteiger charge is 2.36. The van der Waals surface area contributed by atoms with E-state index in [1.165, 1.54) is 38.5 Å². The van der Waals surface area contributed by atoms with E-state index in [1.54, 1.807) is 43.5 Å². The van der Waals surface area contributed by atoms with Crippen molar-refractivity contribution in [1.82, 2.24) is 0 Å². The molecule has 0 spiro atoms.